The second-order valence-corrected chi connectivity index (χ2v) is 3.72. The molecule has 0 heterocycles. The molecule has 0 spiro atoms. The topological polar surface area (TPSA) is 17.1 Å². The molecule has 0 aliphatic heterocycles. The molecule has 1 atom stereocenters. The van der Waals surface area contributed by atoms with Crippen molar-refractivity contribution in [2.45, 2.75) is 45.4 Å². The van der Waals surface area contributed by atoms with E-state index in [1.807, 2.05) is 6.29 Å². The number of rotatable bonds is 3. The third-order valence-electron chi connectivity index (χ3n) is 2.86. The van der Waals surface area contributed by atoms with Crippen LogP contribution in [0.4, 0.5) is 0 Å². The molecular formula is C10H17O. The van der Waals surface area contributed by atoms with Gasteiger partial charge < -0.3 is 0 Å². The van der Waals surface area contributed by atoms with E-state index in [0.29, 0.717) is 12.3 Å². The largest absolute Gasteiger partial charge is 0.291 e. The van der Waals surface area contributed by atoms with Crippen molar-refractivity contribution in [1.29, 1.82) is 0 Å². The van der Waals surface area contributed by atoms with Crippen molar-refractivity contribution in [3.8, 4) is 0 Å². The molecule has 0 amide bonds. The Morgan fingerprint density at radius 2 is 2.00 bits per heavy atom. The molecular weight excluding hydrogens is 136 g/mol. The van der Waals surface area contributed by atoms with Crippen LogP contribution < -0.4 is 0 Å². The maximum atomic E-state index is 10.1. The standard InChI is InChI=1S/C10H17O/c1-9(7-8-11)10-5-3-2-4-6-10/h9-10H,2-7H2,1H3/t9-/m1/s1. The van der Waals surface area contributed by atoms with E-state index >= 15 is 0 Å². The second kappa shape index (κ2) is 4.53. The normalized spacial score (nSPS) is 23.0. The molecule has 63 valence electrons. The molecule has 0 aromatic carbocycles. The molecule has 1 heteroatoms. The maximum Gasteiger partial charge on any atom is 0.198 e. The number of hydrogen-bond acceptors (Lipinski definition) is 1. The van der Waals surface area contributed by atoms with Crippen LogP contribution in [0.15, 0.2) is 0 Å². The van der Waals surface area contributed by atoms with Gasteiger partial charge in [0, 0.05) is 6.42 Å². The molecule has 0 aromatic heterocycles. The highest BCUT2D eigenvalue weighted by atomic mass is 16.1. The summed E-state index contributed by atoms with van der Waals surface area (Å²) in [5.74, 6) is 1.39. The van der Waals surface area contributed by atoms with Crippen molar-refractivity contribution < 1.29 is 4.79 Å². The first kappa shape index (κ1) is 8.76. The van der Waals surface area contributed by atoms with Gasteiger partial charge in [-0.1, -0.05) is 39.0 Å². The predicted molar refractivity (Wildman–Crippen MR) is 46.0 cm³/mol. The van der Waals surface area contributed by atoms with Gasteiger partial charge in [0.15, 0.2) is 6.29 Å². The number of hydrogen-bond donors (Lipinski definition) is 0. The highest BCUT2D eigenvalue weighted by Crippen LogP contribution is 2.30. The Morgan fingerprint density at radius 1 is 1.36 bits per heavy atom. The first-order valence-corrected chi connectivity index (χ1v) is 4.69. The lowest BCUT2D eigenvalue weighted by molar-refractivity contribution is 0.267. The second-order valence-electron chi connectivity index (χ2n) is 3.72. The minimum absolute atomic E-state index is 0.577. The smallest absolute Gasteiger partial charge is 0.198 e. The molecule has 1 aliphatic carbocycles. The van der Waals surface area contributed by atoms with Gasteiger partial charge in [0.25, 0.3) is 0 Å². The van der Waals surface area contributed by atoms with Gasteiger partial charge in [0.05, 0.1) is 0 Å². The summed E-state index contributed by atoms with van der Waals surface area (Å²) in [6.07, 6.45) is 9.47. The molecule has 0 saturated heterocycles. The van der Waals surface area contributed by atoms with E-state index in [2.05, 4.69) is 6.92 Å². The van der Waals surface area contributed by atoms with Gasteiger partial charge in [-0.05, 0) is 11.8 Å². The molecule has 1 fully saturated rings. The average molecular weight is 153 g/mol. The Kier molecular flexibility index (Phi) is 3.61. The zero-order valence-corrected chi connectivity index (χ0v) is 7.31. The van der Waals surface area contributed by atoms with Crippen LogP contribution in [0, 0.1) is 11.8 Å². The van der Waals surface area contributed by atoms with Gasteiger partial charge in [-0.25, -0.2) is 0 Å². The molecule has 11 heavy (non-hydrogen) atoms. The van der Waals surface area contributed by atoms with Crippen molar-refractivity contribution in [2.24, 2.45) is 11.8 Å². The summed E-state index contributed by atoms with van der Waals surface area (Å²) >= 11 is 0. The minimum Gasteiger partial charge on any atom is -0.291 e. The van der Waals surface area contributed by atoms with Crippen LogP contribution in [0.5, 0.6) is 0 Å². The van der Waals surface area contributed by atoms with E-state index in [4.69, 9.17) is 0 Å². The van der Waals surface area contributed by atoms with Crippen LogP contribution >= 0.6 is 0 Å². The molecule has 1 rings (SSSR count). The third-order valence-corrected chi connectivity index (χ3v) is 2.86. The van der Waals surface area contributed by atoms with E-state index < -0.39 is 0 Å². The van der Waals surface area contributed by atoms with E-state index in [0.717, 1.165) is 5.92 Å². The van der Waals surface area contributed by atoms with Gasteiger partial charge >= 0.3 is 0 Å². The summed E-state index contributed by atoms with van der Waals surface area (Å²) in [5, 5.41) is 0. The first-order valence-electron chi connectivity index (χ1n) is 4.69. The zero-order chi connectivity index (χ0) is 8.10. The molecule has 0 unspecified atom stereocenters. The fourth-order valence-corrected chi connectivity index (χ4v) is 2.00. The van der Waals surface area contributed by atoms with Gasteiger partial charge in [0.2, 0.25) is 0 Å². The van der Waals surface area contributed by atoms with E-state index in [9.17, 15) is 4.79 Å². The summed E-state index contributed by atoms with van der Waals surface area (Å²) in [5.41, 5.74) is 0. The van der Waals surface area contributed by atoms with E-state index in [1.165, 1.54) is 32.1 Å². The molecule has 0 aromatic rings. The van der Waals surface area contributed by atoms with Gasteiger partial charge in [-0.2, -0.15) is 0 Å². The van der Waals surface area contributed by atoms with Crippen LogP contribution in [0.25, 0.3) is 0 Å². The average Bonchev–Trinajstić information content (AvgIpc) is 2.07. The number of carbonyl (C=O) groups excluding carboxylic acids is 1. The molecule has 1 saturated carbocycles. The lowest BCUT2D eigenvalue weighted by atomic mass is 9.80. The Balaban J connectivity index is 2.26. The summed E-state index contributed by atoms with van der Waals surface area (Å²) in [4.78, 5) is 10.1. The minimum atomic E-state index is 0.577. The molecule has 1 radical (unpaired) electrons. The first-order chi connectivity index (χ1) is 5.34. The lowest BCUT2D eigenvalue weighted by Crippen LogP contribution is -2.15. The Morgan fingerprint density at radius 3 is 2.55 bits per heavy atom. The van der Waals surface area contributed by atoms with Crippen LogP contribution in [0.2, 0.25) is 0 Å². The Labute approximate surface area is 69.2 Å². The van der Waals surface area contributed by atoms with Gasteiger partial charge in [-0.3, -0.25) is 4.79 Å². The van der Waals surface area contributed by atoms with E-state index in [1.54, 1.807) is 0 Å². The summed E-state index contributed by atoms with van der Waals surface area (Å²) < 4.78 is 0. The molecule has 1 aliphatic rings. The fourth-order valence-electron chi connectivity index (χ4n) is 2.00. The molecule has 1 nitrogen and oxygen atoms in total. The summed E-state index contributed by atoms with van der Waals surface area (Å²) in [7, 11) is 0. The van der Waals surface area contributed by atoms with Crippen LogP contribution in [-0.4, -0.2) is 6.29 Å². The van der Waals surface area contributed by atoms with Crippen molar-refractivity contribution in [1.82, 2.24) is 0 Å². The van der Waals surface area contributed by atoms with E-state index in [-0.39, 0.29) is 0 Å². The quantitative estimate of drug-likeness (QED) is 0.609. The van der Waals surface area contributed by atoms with Gasteiger partial charge in [0.1, 0.15) is 0 Å². The Bertz CT molecular complexity index is 114. The van der Waals surface area contributed by atoms with Crippen molar-refractivity contribution in [2.75, 3.05) is 0 Å². The van der Waals surface area contributed by atoms with Crippen LogP contribution in [0.3, 0.4) is 0 Å². The predicted octanol–water partition coefficient (Wildman–Crippen LogP) is 2.70. The summed E-state index contributed by atoms with van der Waals surface area (Å²) in [6, 6.07) is 0. The van der Waals surface area contributed by atoms with Crippen molar-refractivity contribution in [3.05, 3.63) is 0 Å². The monoisotopic (exact) mass is 153 g/mol. The SMILES string of the molecule is C[C@H](C[C]=O)C1CCCCC1. The maximum absolute atomic E-state index is 10.1. The third kappa shape index (κ3) is 2.64. The highest BCUT2D eigenvalue weighted by Gasteiger charge is 2.19. The highest BCUT2D eigenvalue weighted by molar-refractivity contribution is 5.50. The Hall–Kier alpha value is -0.330. The van der Waals surface area contributed by atoms with Gasteiger partial charge in [-0.15, -0.1) is 0 Å². The fraction of sp³-hybridized carbons (Fsp3) is 0.900. The van der Waals surface area contributed by atoms with Crippen LogP contribution in [-0.2, 0) is 4.79 Å². The molecule has 0 bridgehead atoms. The van der Waals surface area contributed by atoms with Crippen molar-refractivity contribution >= 4 is 6.29 Å². The summed E-state index contributed by atoms with van der Waals surface area (Å²) in [6.45, 7) is 2.18. The molecule has 0 N–H and O–H groups in total. The van der Waals surface area contributed by atoms with Crippen molar-refractivity contribution in [3.63, 3.8) is 0 Å². The zero-order valence-electron chi connectivity index (χ0n) is 7.31. The van der Waals surface area contributed by atoms with Crippen LogP contribution in [0.1, 0.15) is 45.4 Å². The lowest BCUT2D eigenvalue weighted by Gasteiger charge is -2.25.